The monoisotopic (exact) mass is 285 g/mol. The summed E-state index contributed by atoms with van der Waals surface area (Å²) in [5.74, 6) is 0.590. The lowest BCUT2D eigenvalue weighted by Gasteiger charge is -2.25. The lowest BCUT2D eigenvalue weighted by Crippen LogP contribution is -2.29. The van der Waals surface area contributed by atoms with Gasteiger partial charge in [0.15, 0.2) is 0 Å². The predicted molar refractivity (Wildman–Crippen MR) is 85.2 cm³/mol. The fourth-order valence-electron chi connectivity index (χ4n) is 3.31. The van der Waals surface area contributed by atoms with Crippen LogP contribution in [0.25, 0.3) is 0 Å². The molecule has 0 aliphatic heterocycles. The van der Waals surface area contributed by atoms with E-state index in [2.05, 4.69) is 48.6 Å². The van der Waals surface area contributed by atoms with E-state index in [1.54, 1.807) is 0 Å². The van der Waals surface area contributed by atoms with Crippen LogP contribution >= 0.6 is 11.6 Å². The van der Waals surface area contributed by atoms with E-state index in [-0.39, 0.29) is 0 Å². The molecule has 3 rings (SSSR count). The molecular formula is C18H20ClN. The highest BCUT2D eigenvalue weighted by Crippen LogP contribution is 2.37. The molecule has 1 unspecified atom stereocenters. The predicted octanol–water partition coefficient (Wildman–Crippen LogP) is 4.41. The quantitative estimate of drug-likeness (QED) is 0.878. The van der Waals surface area contributed by atoms with Gasteiger partial charge < -0.3 is 5.32 Å². The average Bonchev–Trinajstić information content (AvgIpc) is 2.89. The summed E-state index contributed by atoms with van der Waals surface area (Å²) in [5, 5.41) is 4.50. The largest absolute Gasteiger partial charge is 0.310 e. The van der Waals surface area contributed by atoms with Crippen molar-refractivity contribution in [3.05, 3.63) is 70.2 Å². The second-order valence-corrected chi connectivity index (χ2v) is 5.90. The molecule has 1 nitrogen and oxygen atoms in total. The summed E-state index contributed by atoms with van der Waals surface area (Å²) < 4.78 is 0. The molecule has 2 aromatic rings. The molecule has 2 aromatic carbocycles. The first-order valence-electron chi connectivity index (χ1n) is 7.34. The van der Waals surface area contributed by atoms with Gasteiger partial charge >= 0.3 is 0 Å². The van der Waals surface area contributed by atoms with Crippen LogP contribution in [0, 0.1) is 5.92 Å². The standard InChI is InChI=1S/C18H20ClN/c1-2-20-18(16-9-5-6-10-17(16)19)15-11-13-7-3-4-8-14(13)12-15/h3-10,15,18,20H,2,11-12H2,1H3. The Morgan fingerprint density at radius 2 is 1.65 bits per heavy atom. The fraction of sp³-hybridized carbons (Fsp3) is 0.333. The molecule has 0 amide bonds. The number of rotatable bonds is 4. The smallest absolute Gasteiger partial charge is 0.0453 e. The number of hydrogen-bond donors (Lipinski definition) is 1. The van der Waals surface area contributed by atoms with Gasteiger partial charge in [0, 0.05) is 11.1 Å². The van der Waals surface area contributed by atoms with Gasteiger partial charge in [0.2, 0.25) is 0 Å². The zero-order chi connectivity index (χ0) is 13.9. The van der Waals surface area contributed by atoms with E-state index in [1.807, 2.05) is 12.1 Å². The van der Waals surface area contributed by atoms with Gasteiger partial charge in [0.05, 0.1) is 0 Å². The van der Waals surface area contributed by atoms with Crippen LogP contribution in [0.2, 0.25) is 5.02 Å². The van der Waals surface area contributed by atoms with Crippen molar-refractivity contribution in [3.8, 4) is 0 Å². The van der Waals surface area contributed by atoms with Crippen molar-refractivity contribution >= 4 is 11.6 Å². The van der Waals surface area contributed by atoms with Crippen molar-refractivity contribution in [2.75, 3.05) is 6.54 Å². The molecule has 0 fully saturated rings. The van der Waals surface area contributed by atoms with Gasteiger partial charge in [0.25, 0.3) is 0 Å². The second kappa shape index (κ2) is 5.99. The molecule has 0 radical (unpaired) electrons. The normalized spacial score (nSPS) is 16.1. The van der Waals surface area contributed by atoms with Crippen LogP contribution in [-0.4, -0.2) is 6.54 Å². The summed E-state index contributed by atoms with van der Waals surface area (Å²) in [7, 11) is 0. The molecule has 1 aliphatic carbocycles. The molecule has 0 saturated carbocycles. The Bertz CT molecular complexity index is 568. The maximum atomic E-state index is 6.40. The Kier molecular flexibility index (Phi) is 4.09. The highest BCUT2D eigenvalue weighted by molar-refractivity contribution is 6.31. The summed E-state index contributed by atoms with van der Waals surface area (Å²) >= 11 is 6.40. The summed E-state index contributed by atoms with van der Waals surface area (Å²) in [6.07, 6.45) is 2.28. The van der Waals surface area contributed by atoms with Crippen LogP contribution in [0.15, 0.2) is 48.5 Å². The van der Waals surface area contributed by atoms with Gasteiger partial charge in [-0.05, 0) is 48.1 Å². The minimum absolute atomic E-state index is 0.334. The summed E-state index contributed by atoms with van der Waals surface area (Å²) in [6.45, 7) is 3.12. The van der Waals surface area contributed by atoms with Crippen LogP contribution < -0.4 is 5.32 Å². The van der Waals surface area contributed by atoms with Gasteiger partial charge in [-0.2, -0.15) is 0 Å². The van der Waals surface area contributed by atoms with E-state index >= 15 is 0 Å². The van der Waals surface area contributed by atoms with Crippen molar-refractivity contribution in [2.45, 2.75) is 25.8 Å². The van der Waals surface area contributed by atoms with Crippen molar-refractivity contribution < 1.29 is 0 Å². The Balaban J connectivity index is 1.88. The number of benzene rings is 2. The highest BCUT2D eigenvalue weighted by atomic mass is 35.5. The number of hydrogen-bond acceptors (Lipinski definition) is 1. The SMILES string of the molecule is CCNC(c1ccccc1Cl)C1Cc2ccccc2C1. The van der Waals surface area contributed by atoms with Crippen molar-refractivity contribution in [1.29, 1.82) is 0 Å². The third-order valence-electron chi connectivity index (χ3n) is 4.22. The van der Waals surface area contributed by atoms with Gasteiger partial charge in [0.1, 0.15) is 0 Å². The Hall–Kier alpha value is -1.31. The molecule has 0 aromatic heterocycles. The van der Waals surface area contributed by atoms with E-state index in [0.717, 1.165) is 24.4 Å². The zero-order valence-corrected chi connectivity index (χ0v) is 12.5. The first-order chi connectivity index (χ1) is 9.79. The minimum atomic E-state index is 0.334. The minimum Gasteiger partial charge on any atom is -0.310 e. The molecule has 1 N–H and O–H groups in total. The molecule has 104 valence electrons. The van der Waals surface area contributed by atoms with Gasteiger partial charge in [-0.15, -0.1) is 0 Å². The molecular weight excluding hydrogens is 266 g/mol. The van der Waals surface area contributed by atoms with Gasteiger partial charge in [-0.25, -0.2) is 0 Å². The summed E-state index contributed by atoms with van der Waals surface area (Å²) in [5.41, 5.74) is 4.22. The van der Waals surface area contributed by atoms with E-state index < -0.39 is 0 Å². The molecule has 0 bridgehead atoms. The molecule has 0 heterocycles. The first-order valence-corrected chi connectivity index (χ1v) is 7.72. The third-order valence-corrected chi connectivity index (χ3v) is 4.56. The van der Waals surface area contributed by atoms with Crippen molar-refractivity contribution in [3.63, 3.8) is 0 Å². The van der Waals surface area contributed by atoms with Crippen LogP contribution in [0.5, 0.6) is 0 Å². The molecule has 0 spiro atoms. The maximum absolute atomic E-state index is 6.40. The molecule has 1 aliphatic rings. The Labute approximate surface area is 126 Å². The van der Waals surface area contributed by atoms with Crippen LogP contribution in [0.4, 0.5) is 0 Å². The van der Waals surface area contributed by atoms with Crippen LogP contribution in [-0.2, 0) is 12.8 Å². The summed E-state index contributed by atoms with van der Waals surface area (Å²) in [6, 6.07) is 17.3. The average molecular weight is 286 g/mol. The lowest BCUT2D eigenvalue weighted by atomic mass is 9.90. The number of nitrogens with one attached hydrogen (secondary N) is 1. The number of fused-ring (bicyclic) bond motifs is 1. The van der Waals surface area contributed by atoms with E-state index in [4.69, 9.17) is 11.6 Å². The van der Waals surface area contributed by atoms with E-state index in [9.17, 15) is 0 Å². The topological polar surface area (TPSA) is 12.0 Å². The summed E-state index contributed by atoms with van der Waals surface area (Å²) in [4.78, 5) is 0. The maximum Gasteiger partial charge on any atom is 0.0453 e. The second-order valence-electron chi connectivity index (χ2n) is 5.49. The van der Waals surface area contributed by atoms with Crippen LogP contribution in [0.1, 0.15) is 29.7 Å². The lowest BCUT2D eigenvalue weighted by molar-refractivity contribution is 0.381. The molecule has 1 atom stereocenters. The third kappa shape index (κ3) is 2.61. The van der Waals surface area contributed by atoms with Gasteiger partial charge in [-0.1, -0.05) is 61.0 Å². The van der Waals surface area contributed by atoms with Crippen molar-refractivity contribution in [2.24, 2.45) is 5.92 Å². The fourth-order valence-corrected chi connectivity index (χ4v) is 3.56. The van der Waals surface area contributed by atoms with Crippen molar-refractivity contribution in [1.82, 2.24) is 5.32 Å². The highest BCUT2D eigenvalue weighted by Gasteiger charge is 2.29. The van der Waals surface area contributed by atoms with E-state index in [1.165, 1.54) is 16.7 Å². The molecule has 20 heavy (non-hydrogen) atoms. The zero-order valence-electron chi connectivity index (χ0n) is 11.8. The van der Waals surface area contributed by atoms with Crippen LogP contribution in [0.3, 0.4) is 0 Å². The Morgan fingerprint density at radius 3 is 2.25 bits per heavy atom. The molecule has 0 saturated heterocycles. The van der Waals surface area contributed by atoms with E-state index in [0.29, 0.717) is 12.0 Å². The van der Waals surface area contributed by atoms with Gasteiger partial charge in [-0.3, -0.25) is 0 Å². The molecule has 2 heteroatoms. The first kappa shape index (κ1) is 13.7. The number of halogens is 1. The Morgan fingerprint density at radius 1 is 1.05 bits per heavy atom.